The lowest BCUT2D eigenvalue weighted by atomic mass is 9.80. The standard InChI is InChI=1S/C26H30F5N7O3/c1-13(2)20-22(37-41-36-20)24(40)34-21(14-4-3-7-25(27,28)10-14)18-12-38-19(33-18)6-5-17(35-38)9-15-8-16(26(29,30)31)11-32-23(15)39/h5-6,12-16,21H,3-4,7-11H2,1-2H3,(H,32,39)(H,34,40)/t14-,15?,16+,21?/m0/s1. The normalized spacial score (nSPS) is 23.9. The highest BCUT2D eigenvalue weighted by Crippen LogP contribution is 2.42. The zero-order valence-corrected chi connectivity index (χ0v) is 22.4. The van der Waals surface area contributed by atoms with Crippen LogP contribution in [0.5, 0.6) is 0 Å². The molecule has 41 heavy (non-hydrogen) atoms. The summed E-state index contributed by atoms with van der Waals surface area (Å²) < 4.78 is 74.7. The van der Waals surface area contributed by atoms with Crippen LogP contribution in [0.25, 0.3) is 5.65 Å². The summed E-state index contributed by atoms with van der Waals surface area (Å²) in [6.07, 6.45) is -3.28. The number of hydrogen-bond acceptors (Lipinski definition) is 7. The van der Waals surface area contributed by atoms with Crippen molar-refractivity contribution in [2.75, 3.05) is 6.54 Å². The van der Waals surface area contributed by atoms with Gasteiger partial charge in [-0.3, -0.25) is 9.59 Å². The molecule has 0 bridgehead atoms. The van der Waals surface area contributed by atoms with E-state index in [1.165, 1.54) is 10.7 Å². The van der Waals surface area contributed by atoms with E-state index in [1.807, 2.05) is 0 Å². The van der Waals surface area contributed by atoms with E-state index < -0.39 is 60.7 Å². The van der Waals surface area contributed by atoms with Crippen LogP contribution in [0.2, 0.25) is 0 Å². The molecule has 2 unspecified atom stereocenters. The highest BCUT2D eigenvalue weighted by atomic mass is 19.4. The van der Waals surface area contributed by atoms with Gasteiger partial charge in [-0.1, -0.05) is 19.0 Å². The minimum absolute atomic E-state index is 0.0198. The Morgan fingerprint density at radius 3 is 2.76 bits per heavy atom. The number of carbonyl (C=O) groups is 2. The van der Waals surface area contributed by atoms with E-state index >= 15 is 0 Å². The number of halogens is 5. The Hall–Kier alpha value is -3.65. The van der Waals surface area contributed by atoms with Crippen LogP contribution in [0.3, 0.4) is 0 Å². The Balaban J connectivity index is 1.41. The first kappa shape index (κ1) is 28.9. The van der Waals surface area contributed by atoms with Crippen LogP contribution in [0.1, 0.15) is 85.5 Å². The second-order valence-corrected chi connectivity index (χ2v) is 11.2. The van der Waals surface area contributed by atoms with Crippen molar-refractivity contribution in [3.8, 4) is 0 Å². The second kappa shape index (κ2) is 11.0. The molecule has 3 aromatic rings. The molecule has 0 spiro atoms. The van der Waals surface area contributed by atoms with Gasteiger partial charge < -0.3 is 10.6 Å². The molecule has 1 aliphatic heterocycles. The van der Waals surface area contributed by atoms with Crippen molar-refractivity contribution in [1.29, 1.82) is 0 Å². The molecule has 4 heterocycles. The van der Waals surface area contributed by atoms with Gasteiger partial charge in [0.2, 0.25) is 11.8 Å². The third kappa shape index (κ3) is 6.32. The van der Waals surface area contributed by atoms with Crippen molar-refractivity contribution < 1.29 is 36.2 Å². The van der Waals surface area contributed by atoms with Crippen molar-refractivity contribution in [1.82, 2.24) is 35.5 Å². The molecule has 0 aromatic carbocycles. The molecule has 1 saturated heterocycles. The van der Waals surface area contributed by atoms with Gasteiger partial charge in [0.15, 0.2) is 11.3 Å². The molecule has 1 aliphatic carbocycles. The van der Waals surface area contributed by atoms with E-state index in [0.717, 1.165) is 0 Å². The van der Waals surface area contributed by atoms with Crippen LogP contribution in [-0.2, 0) is 11.2 Å². The van der Waals surface area contributed by atoms with Crippen molar-refractivity contribution in [2.45, 2.75) is 76.4 Å². The van der Waals surface area contributed by atoms with Crippen molar-refractivity contribution in [3.05, 3.63) is 41.1 Å². The van der Waals surface area contributed by atoms with Crippen molar-refractivity contribution in [3.63, 3.8) is 0 Å². The average molecular weight is 584 g/mol. The summed E-state index contributed by atoms with van der Waals surface area (Å²) in [7, 11) is 0. The Morgan fingerprint density at radius 1 is 1.27 bits per heavy atom. The van der Waals surface area contributed by atoms with Crippen LogP contribution in [0.4, 0.5) is 22.0 Å². The molecule has 2 amide bonds. The van der Waals surface area contributed by atoms with Crippen molar-refractivity contribution in [2.24, 2.45) is 17.8 Å². The number of rotatable bonds is 7. The highest BCUT2D eigenvalue weighted by Gasteiger charge is 2.45. The number of aromatic nitrogens is 5. The minimum atomic E-state index is -4.42. The zero-order chi connectivity index (χ0) is 29.5. The molecule has 10 nitrogen and oxygen atoms in total. The predicted molar refractivity (Wildman–Crippen MR) is 133 cm³/mol. The fourth-order valence-corrected chi connectivity index (χ4v) is 5.65. The van der Waals surface area contributed by atoms with Crippen molar-refractivity contribution >= 4 is 17.5 Å². The Morgan fingerprint density at radius 2 is 2.05 bits per heavy atom. The summed E-state index contributed by atoms with van der Waals surface area (Å²) in [4.78, 5) is 30.0. The fraction of sp³-hybridized carbons (Fsp3) is 0.615. The van der Waals surface area contributed by atoms with E-state index in [9.17, 15) is 31.5 Å². The number of nitrogens with one attached hydrogen (secondary N) is 2. The third-order valence-electron chi connectivity index (χ3n) is 7.81. The smallest absolute Gasteiger partial charge is 0.355 e. The summed E-state index contributed by atoms with van der Waals surface area (Å²) in [5.41, 5.74) is 1.29. The number of nitrogens with zero attached hydrogens (tertiary/aromatic N) is 5. The Bertz CT molecular complexity index is 1420. The molecular formula is C26H30F5N7O3. The summed E-state index contributed by atoms with van der Waals surface area (Å²) in [5.74, 6) is -7.36. The SMILES string of the molecule is CC(C)c1nonc1C(=O)NC(c1cn2nc(CC3C[C@@H](C(F)(F)F)CNC3=O)ccc2n1)[C@H]1CCCC(F)(F)C1. The van der Waals surface area contributed by atoms with Gasteiger partial charge in [-0.25, -0.2) is 22.9 Å². The average Bonchev–Trinajstić information content (AvgIpc) is 3.54. The van der Waals surface area contributed by atoms with Crippen LogP contribution in [-0.4, -0.2) is 55.4 Å². The van der Waals surface area contributed by atoms with Gasteiger partial charge in [0.05, 0.1) is 29.5 Å². The molecule has 2 aliphatic rings. The number of hydrogen-bond donors (Lipinski definition) is 2. The molecule has 15 heteroatoms. The Labute approximate surface area is 231 Å². The molecular weight excluding hydrogens is 553 g/mol. The first-order chi connectivity index (χ1) is 19.3. The summed E-state index contributed by atoms with van der Waals surface area (Å²) in [6.45, 7) is 3.16. The number of amides is 2. The monoisotopic (exact) mass is 583 g/mol. The largest absolute Gasteiger partial charge is 0.393 e. The molecule has 1 saturated carbocycles. The third-order valence-corrected chi connectivity index (χ3v) is 7.81. The molecule has 3 aromatic heterocycles. The van der Waals surface area contributed by atoms with Crippen LogP contribution in [0.15, 0.2) is 23.0 Å². The van der Waals surface area contributed by atoms with Gasteiger partial charge in [-0.2, -0.15) is 18.3 Å². The first-order valence-corrected chi connectivity index (χ1v) is 13.5. The maximum atomic E-state index is 14.4. The topological polar surface area (TPSA) is 127 Å². The number of fused-ring (bicyclic) bond motifs is 1. The number of alkyl halides is 5. The summed E-state index contributed by atoms with van der Waals surface area (Å²) in [5, 5.41) is 17.0. The molecule has 4 atom stereocenters. The van der Waals surface area contributed by atoms with Gasteiger partial charge in [0.1, 0.15) is 5.69 Å². The number of piperidine rings is 1. The van der Waals surface area contributed by atoms with Gasteiger partial charge >= 0.3 is 6.18 Å². The van der Waals surface area contributed by atoms with E-state index in [0.29, 0.717) is 29.1 Å². The van der Waals surface area contributed by atoms with E-state index in [4.69, 9.17) is 4.63 Å². The maximum Gasteiger partial charge on any atom is 0.393 e. The van der Waals surface area contributed by atoms with Gasteiger partial charge in [-0.15, -0.1) is 0 Å². The van der Waals surface area contributed by atoms with E-state index in [2.05, 4.69) is 31.0 Å². The first-order valence-electron chi connectivity index (χ1n) is 13.5. The predicted octanol–water partition coefficient (Wildman–Crippen LogP) is 4.39. The summed E-state index contributed by atoms with van der Waals surface area (Å²) >= 11 is 0. The van der Waals surface area contributed by atoms with Crippen LogP contribution >= 0.6 is 0 Å². The zero-order valence-electron chi connectivity index (χ0n) is 22.4. The second-order valence-electron chi connectivity index (χ2n) is 11.2. The van der Waals surface area contributed by atoms with E-state index in [-0.39, 0.29) is 37.3 Å². The molecule has 5 rings (SSSR count). The van der Waals surface area contributed by atoms with Gasteiger partial charge in [0.25, 0.3) is 5.91 Å². The lowest BCUT2D eigenvalue weighted by molar-refractivity contribution is -0.183. The molecule has 2 N–H and O–H groups in total. The number of imidazole rings is 1. The van der Waals surface area contributed by atoms with Gasteiger partial charge in [0, 0.05) is 37.6 Å². The van der Waals surface area contributed by atoms with Crippen LogP contribution in [0, 0.1) is 17.8 Å². The lowest BCUT2D eigenvalue weighted by Crippen LogP contribution is -2.47. The van der Waals surface area contributed by atoms with E-state index in [1.54, 1.807) is 26.0 Å². The lowest BCUT2D eigenvalue weighted by Gasteiger charge is -2.34. The van der Waals surface area contributed by atoms with Gasteiger partial charge in [-0.05, 0) is 42.5 Å². The maximum absolute atomic E-state index is 14.4. The molecule has 0 radical (unpaired) electrons. The molecule has 2 fully saturated rings. The Kier molecular flexibility index (Phi) is 7.72. The van der Waals surface area contributed by atoms with Crippen LogP contribution < -0.4 is 10.6 Å². The quantitative estimate of drug-likeness (QED) is 0.395. The fourth-order valence-electron chi connectivity index (χ4n) is 5.65. The minimum Gasteiger partial charge on any atom is -0.355 e. The number of carbonyl (C=O) groups excluding carboxylic acids is 2. The summed E-state index contributed by atoms with van der Waals surface area (Å²) in [6, 6.07) is 2.24. The highest BCUT2D eigenvalue weighted by molar-refractivity contribution is 5.93. The molecule has 222 valence electrons.